The van der Waals surface area contributed by atoms with E-state index in [0.717, 1.165) is 29.3 Å². The fourth-order valence-corrected chi connectivity index (χ4v) is 2.92. The third-order valence-electron chi connectivity index (χ3n) is 4.39. The van der Waals surface area contributed by atoms with Crippen LogP contribution in [0, 0.1) is 5.92 Å². The zero-order valence-corrected chi connectivity index (χ0v) is 13.7. The largest absolute Gasteiger partial charge is 0.361 e. The molecule has 5 nitrogen and oxygen atoms in total. The SMILES string of the molecule is O=C(Cc1c[nH]c2ccccc12)Nc1cccc(NC(=O)C2CC2)c1. The van der Waals surface area contributed by atoms with E-state index in [9.17, 15) is 9.59 Å². The van der Waals surface area contributed by atoms with E-state index in [2.05, 4.69) is 15.6 Å². The van der Waals surface area contributed by atoms with Crippen LogP contribution in [0.4, 0.5) is 11.4 Å². The molecule has 0 spiro atoms. The summed E-state index contributed by atoms with van der Waals surface area (Å²) in [6.45, 7) is 0. The molecule has 1 aromatic heterocycles. The molecule has 4 rings (SSSR count). The average Bonchev–Trinajstić information content (AvgIpc) is 3.38. The van der Waals surface area contributed by atoms with Crippen LogP contribution in [0.1, 0.15) is 18.4 Å². The Morgan fingerprint density at radius 1 is 1.00 bits per heavy atom. The number of para-hydroxylation sites is 1. The van der Waals surface area contributed by atoms with Crippen molar-refractivity contribution in [2.45, 2.75) is 19.3 Å². The highest BCUT2D eigenvalue weighted by Gasteiger charge is 2.29. The van der Waals surface area contributed by atoms with Crippen molar-refractivity contribution in [3.05, 3.63) is 60.3 Å². The monoisotopic (exact) mass is 333 g/mol. The van der Waals surface area contributed by atoms with Gasteiger partial charge in [0.25, 0.3) is 0 Å². The van der Waals surface area contributed by atoms with Gasteiger partial charge in [0.15, 0.2) is 0 Å². The number of fused-ring (bicyclic) bond motifs is 1. The molecule has 0 radical (unpaired) electrons. The summed E-state index contributed by atoms with van der Waals surface area (Å²) in [7, 11) is 0. The van der Waals surface area contributed by atoms with Crippen LogP contribution in [0.5, 0.6) is 0 Å². The fourth-order valence-electron chi connectivity index (χ4n) is 2.92. The first kappa shape index (κ1) is 15.4. The van der Waals surface area contributed by atoms with Crippen LogP contribution in [0.15, 0.2) is 54.7 Å². The molecule has 1 heterocycles. The van der Waals surface area contributed by atoms with Crippen LogP contribution >= 0.6 is 0 Å². The van der Waals surface area contributed by atoms with Crippen LogP contribution in [0.25, 0.3) is 10.9 Å². The number of amides is 2. The molecule has 0 bridgehead atoms. The van der Waals surface area contributed by atoms with Crippen molar-refractivity contribution in [1.82, 2.24) is 4.98 Å². The summed E-state index contributed by atoms with van der Waals surface area (Å²) in [6.07, 6.45) is 4.10. The second kappa shape index (κ2) is 6.43. The predicted octanol–water partition coefficient (Wildman–Crippen LogP) is 3.70. The number of carbonyl (C=O) groups is 2. The molecule has 25 heavy (non-hydrogen) atoms. The molecule has 5 heteroatoms. The summed E-state index contributed by atoms with van der Waals surface area (Å²) < 4.78 is 0. The van der Waals surface area contributed by atoms with E-state index in [1.807, 2.05) is 48.7 Å². The Bertz CT molecular complexity index is 941. The van der Waals surface area contributed by atoms with Crippen LogP contribution in [0.3, 0.4) is 0 Å². The lowest BCUT2D eigenvalue weighted by molar-refractivity contribution is -0.117. The van der Waals surface area contributed by atoms with Gasteiger partial charge in [-0.15, -0.1) is 0 Å². The van der Waals surface area contributed by atoms with Crippen molar-refractivity contribution >= 4 is 34.1 Å². The van der Waals surface area contributed by atoms with Crippen molar-refractivity contribution in [2.24, 2.45) is 5.92 Å². The minimum absolute atomic E-state index is 0.0577. The van der Waals surface area contributed by atoms with Gasteiger partial charge in [0.05, 0.1) is 6.42 Å². The van der Waals surface area contributed by atoms with Gasteiger partial charge >= 0.3 is 0 Å². The maximum Gasteiger partial charge on any atom is 0.228 e. The van der Waals surface area contributed by atoms with Gasteiger partial charge in [0, 0.05) is 34.4 Å². The zero-order chi connectivity index (χ0) is 17.2. The number of hydrogen-bond acceptors (Lipinski definition) is 2. The molecule has 0 aliphatic heterocycles. The molecule has 0 unspecified atom stereocenters. The quantitative estimate of drug-likeness (QED) is 0.666. The number of hydrogen-bond donors (Lipinski definition) is 3. The van der Waals surface area contributed by atoms with Crippen LogP contribution < -0.4 is 10.6 Å². The van der Waals surface area contributed by atoms with E-state index in [0.29, 0.717) is 17.8 Å². The molecule has 1 saturated carbocycles. The lowest BCUT2D eigenvalue weighted by Crippen LogP contribution is -2.15. The Balaban J connectivity index is 1.42. The Kier molecular flexibility index (Phi) is 3.98. The average molecular weight is 333 g/mol. The van der Waals surface area contributed by atoms with Crippen molar-refractivity contribution in [2.75, 3.05) is 10.6 Å². The highest BCUT2D eigenvalue weighted by atomic mass is 16.2. The third kappa shape index (κ3) is 3.55. The van der Waals surface area contributed by atoms with Gasteiger partial charge in [-0.25, -0.2) is 0 Å². The van der Waals surface area contributed by atoms with E-state index in [4.69, 9.17) is 0 Å². The van der Waals surface area contributed by atoms with Crippen molar-refractivity contribution in [1.29, 1.82) is 0 Å². The minimum Gasteiger partial charge on any atom is -0.361 e. The summed E-state index contributed by atoms with van der Waals surface area (Å²) in [5.74, 6) is 0.123. The van der Waals surface area contributed by atoms with E-state index in [-0.39, 0.29) is 17.7 Å². The smallest absolute Gasteiger partial charge is 0.228 e. The maximum atomic E-state index is 12.4. The first-order valence-corrected chi connectivity index (χ1v) is 8.45. The molecule has 1 aliphatic carbocycles. The molecule has 3 N–H and O–H groups in total. The number of aromatic nitrogens is 1. The third-order valence-corrected chi connectivity index (χ3v) is 4.39. The lowest BCUT2D eigenvalue weighted by Gasteiger charge is -2.08. The lowest BCUT2D eigenvalue weighted by atomic mass is 10.1. The zero-order valence-electron chi connectivity index (χ0n) is 13.7. The molecule has 126 valence electrons. The van der Waals surface area contributed by atoms with Gasteiger partial charge in [0.1, 0.15) is 0 Å². The summed E-state index contributed by atoms with van der Waals surface area (Å²) in [5.41, 5.74) is 3.38. The maximum absolute atomic E-state index is 12.4. The topological polar surface area (TPSA) is 74.0 Å². The molecule has 1 aliphatic rings. The number of benzene rings is 2. The summed E-state index contributed by atoms with van der Waals surface area (Å²) in [6, 6.07) is 15.2. The Labute approximate surface area is 145 Å². The number of aromatic amines is 1. The Hall–Kier alpha value is -3.08. The number of H-pyrrole nitrogens is 1. The normalized spacial score (nSPS) is 13.6. The molecule has 0 atom stereocenters. The highest BCUT2D eigenvalue weighted by Crippen LogP contribution is 2.30. The predicted molar refractivity (Wildman–Crippen MR) is 98.4 cm³/mol. The number of nitrogens with one attached hydrogen (secondary N) is 3. The van der Waals surface area contributed by atoms with E-state index >= 15 is 0 Å². The van der Waals surface area contributed by atoms with Gasteiger partial charge in [-0.1, -0.05) is 24.3 Å². The first-order valence-electron chi connectivity index (χ1n) is 8.45. The van der Waals surface area contributed by atoms with Gasteiger partial charge < -0.3 is 15.6 Å². The van der Waals surface area contributed by atoms with Gasteiger partial charge in [-0.05, 0) is 42.7 Å². The number of rotatable bonds is 5. The highest BCUT2D eigenvalue weighted by molar-refractivity contribution is 5.97. The van der Waals surface area contributed by atoms with Gasteiger partial charge in [-0.2, -0.15) is 0 Å². The van der Waals surface area contributed by atoms with Crippen LogP contribution in [-0.4, -0.2) is 16.8 Å². The van der Waals surface area contributed by atoms with E-state index < -0.39 is 0 Å². The first-order chi connectivity index (χ1) is 12.2. The molecule has 2 aromatic carbocycles. The molecular formula is C20H19N3O2. The summed E-state index contributed by atoms with van der Waals surface area (Å²) >= 11 is 0. The fraction of sp³-hybridized carbons (Fsp3) is 0.200. The van der Waals surface area contributed by atoms with Crippen molar-refractivity contribution < 1.29 is 9.59 Å². The van der Waals surface area contributed by atoms with Gasteiger partial charge in [-0.3, -0.25) is 9.59 Å². The Morgan fingerprint density at radius 3 is 2.56 bits per heavy atom. The molecular weight excluding hydrogens is 314 g/mol. The number of anilines is 2. The summed E-state index contributed by atoms with van der Waals surface area (Å²) in [5, 5.41) is 6.85. The van der Waals surface area contributed by atoms with Crippen molar-refractivity contribution in [3.8, 4) is 0 Å². The van der Waals surface area contributed by atoms with E-state index in [1.54, 1.807) is 6.07 Å². The second-order valence-electron chi connectivity index (χ2n) is 6.43. The minimum atomic E-state index is -0.0876. The summed E-state index contributed by atoms with van der Waals surface area (Å²) in [4.78, 5) is 27.4. The molecule has 0 saturated heterocycles. The van der Waals surface area contributed by atoms with Gasteiger partial charge in [0.2, 0.25) is 11.8 Å². The van der Waals surface area contributed by atoms with Crippen molar-refractivity contribution in [3.63, 3.8) is 0 Å². The molecule has 3 aromatic rings. The van der Waals surface area contributed by atoms with E-state index in [1.165, 1.54) is 0 Å². The number of carbonyl (C=O) groups excluding carboxylic acids is 2. The standard InChI is InChI=1S/C20H19N3O2/c24-19(10-14-12-21-18-7-2-1-6-17(14)18)22-15-4-3-5-16(11-15)23-20(25)13-8-9-13/h1-7,11-13,21H,8-10H2,(H,22,24)(H,23,25). The van der Waals surface area contributed by atoms with Crippen LogP contribution in [0.2, 0.25) is 0 Å². The molecule has 2 amide bonds. The molecule has 1 fully saturated rings. The Morgan fingerprint density at radius 2 is 1.76 bits per heavy atom. The van der Waals surface area contributed by atoms with Crippen LogP contribution in [-0.2, 0) is 16.0 Å². The second-order valence-corrected chi connectivity index (χ2v) is 6.43.